The van der Waals surface area contributed by atoms with Crippen molar-refractivity contribution in [2.24, 2.45) is 0 Å². The van der Waals surface area contributed by atoms with Crippen LogP contribution in [0.15, 0.2) is 44.5 Å². The van der Waals surface area contributed by atoms with Crippen molar-refractivity contribution >= 4 is 33.2 Å². The quantitative estimate of drug-likeness (QED) is 0.892. The van der Waals surface area contributed by atoms with E-state index in [4.69, 9.17) is 11.6 Å². The van der Waals surface area contributed by atoms with Crippen LogP contribution in [0.3, 0.4) is 0 Å². The summed E-state index contributed by atoms with van der Waals surface area (Å²) in [7, 11) is 0. The van der Waals surface area contributed by atoms with Crippen LogP contribution in [-0.2, 0) is 6.54 Å². The van der Waals surface area contributed by atoms with E-state index in [1.54, 1.807) is 0 Å². The molecule has 0 saturated heterocycles. The maximum atomic E-state index is 11.5. The van der Waals surface area contributed by atoms with Gasteiger partial charge in [-0.25, -0.2) is 4.79 Å². The third kappa shape index (κ3) is 3.48. The Kier molecular flexibility index (Phi) is 4.44. The van der Waals surface area contributed by atoms with Gasteiger partial charge in [0.05, 0.1) is 0 Å². The van der Waals surface area contributed by atoms with E-state index < -0.39 is 11.2 Å². The van der Waals surface area contributed by atoms with Crippen LogP contribution in [0, 0.1) is 0 Å². The summed E-state index contributed by atoms with van der Waals surface area (Å²) in [5, 5.41) is 3.18. The van der Waals surface area contributed by atoms with Crippen LogP contribution in [0.4, 0.5) is 5.69 Å². The Hall–Kier alpha value is -1.53. The molecule has 0 amide bonds. The lowest BCUT2D eigenvalue weighted by Gasteiger charge is -2.09. The highest BCUT2D eigenvalue weighted by Gasteiger charge is 2.02. The summed E-state index contributed by atoms with van der Waals surface area (Å²) in [6.07, 6.45) is 1.34. The molecule has 7 heteroatoms. The van der Waals surface area contributed by atoms with E-state index in [0.29, 0.717) is 13.1 Å². The maximum Gasteiger partial charge on any atom is 0.328 e. The lowest BCUT2D eigenvalue weighted by molar-refractivity contribution is 0.669. The molecule has 0 radical (unpaired) electrons. The molecule has 0 fully saturated rings. The standard InChI is InChI=1S/C12H11BrClN3O2/c13-8-3-1-2-4-10(8)15-5-6-17-7-9(14)11(18)16-12(17)19/h1-4,7,15H,5-6H2,(H,16,18,19). The number of para-hydroxylation sites is 1. The normalized spacial score (nSPS) is 10.4. The molecule has 2 rings (SSSR count). The Morgan fingerprint density at radius 1 is 1.32 bits per heavy atom. The van der Waals surface area contributed by atoms with Gasteiger partial charge >= 0.3 is 5.69 Å². The van der Waals surface area contributed by atoms with Gasteiger partial charge in [-0.15, -0.1) is 0 Å². The zero-order valence-electron chi connectivity index (χ0n) is 9.82. The lowest BCUT2D eigenvalue weighted by Crippen LogP contribution is -2.31. The van der Waals surface area contributed by atoms with Crippen LogP contribution in [-0.4, -0.2) is 16.1 Å². The van der Waals surface area contributed by atoms with Gasteiger partial charge in [0.1, 0.15) is 5.02 Å². The van der Waals surface area contributed by atoms with Gasteiger partial charge in [0.2, 0.25) is 0 Å². The van der Waals surface area contributed by atoms with Crippen LogP contribution in [0.2, 0.25) is 5.02 Å². The van der Waals surface area contributed by atoms with E-state index in [1.807, 2.05) is 24.3 Å². The number of rotatable bonds is 4. The molecule has 2 aromatic rings. The largest absolute Gasteiger partial charge is 0.382 e. The van der Waals surface area contributed by atoms with Gasteiger partial charge in [-0.3, -0.25) is 14.3 Å². The van der Waals surface area contributed by atoms with Crippen molar-refractivity contribution in [2.45, 2.75) is 6.54 Å². The summed E-state index contributed by atoms with van der Waals surface area (Å²) >= 11 is 9.09. The summed E-state index contributed by atoms with van der Waals surface area (Å²) in [6.45, 7) is 0.932. The number of hydrogen-bond donors (Lipinski definition) is 2. The Morgan fingerprint density at radius 2 is 2.05 bits per heavy atom. The molecule has 0 spiro atoms. The number of nitrogens with one attached hydrogen (secondary N) is 2. The van der Waals surface area contributed by atoms with Gasteiger partial charge in [-0.05, 0) is 28.1 Å². The number of hydrogen-bond acceptors (Lipinski definition) is 3. The number of aromatic nitrogens is 2. The van der Waals surface area contributed by atoms with Gasteiger partial charge in [0, 0.05) is 29.4 Å². The van der Waals surface area contributed by atoms with Crippen molar-refractivity contribution in [1.82, 2.24) is 9.55 Å². The van der Waals surface area contributed by atoms with Gasteiger partial charge in [0.25, 0.3) is 5.56 Å². The Balaban J connectivity index is 2.04. The highest BCUT2D eigenvalue weighted by Crippen LogP contribution is 2.20. The second kappa shape index (κ2) is 6.08. The van der Waals surface area contributed by atoms with Crippen LogP contribution < -0.4 is 16.6 Å². The molecule has 2 N–H and O–H groups in total. The minimum absolute atomic E-state index is 0.000455. The van der Waals surface area contributed by atoms with Crippen LogP contribution in [0.5, 0.6) is 0 Å². The van der Waals surface area contributed by atoms with Gasteiger partial charge in [-0.1, -0.05) is 23.7 Å². The first kappa shape index (κ1) is 13.9. The Bertz CT molecular complexity index is 696. The molecule has 100 valence electrons. The van der Waals surface area contributed by atoms with E-state index in [9.17, 15) is 9.59 Å². The molecule has 0 saturated carbocycles. The maximum absolute atomic E-state index is 11.5. The van der Waals surface area contributed by atoms with E-state index in [1.165, 1.54) is 10.8 Å². The molecule has 0 aliphatic rings. The van der Waals surface area contributed by atoms with Crippen LogP contribution in [0.25, 0.3) is 0 Å². The predicted octanol–water partition coefficient (Wildman–Crippen LogP) is 2.06. The fourth-order valence-corrected chi connectivity index (χ4v) is 2.15. The fraction of sp³-hybridized carbons (Fsp3) is 0.167. The summed E-state index contributed by atoms with van der Waals surface area (Å²) in [5.41, 5.74) is -0.101. The average Bonchev–Trinajstić information content (AvgIpc) is 2.38. The van der Waals surface area contributed by atoms with Gasteiger partial charge in [-0.2, -0.15) is 0 Å². The summed E-state index contributed by atoms with van der Waals surface area (Å²) in [4.78, 5) is 24.8. The molecule has 1 aromatic heterocycles. The molecule has 0 unspecified atom stereocenters. The molecule has 0 aliphatic heterocycles. The third-order valence-corrected chi connectivity index (χ3v) is 3.47. The second-order valence-corrected chi connectivity index (χ2v) is 5.10. The van der Waals surface area contributed by atoms with Crippen molar-refractivity contribution in [3.05, 3.63) is 60.8 Å². The Morgan fingerprint density at radius 3 is 2.79 bits per heavy atom. The summed E-state index contributed by atoms with van der Waals surface area (Å²) < 4.78 is 2.30. The number of benzene rings is 1. The average molecular weight is 345 g/mol. The molecular formula is C12H11BrClN3O2. The topological polar surface area (TPSA) is 66.9 Å². The third-order valence-electron chi connectivity index (χ3n) is 2.51. The van der Waals surface area contributed by atoms with Crippen LogP contribution >= 0.6 is 27.5 Å². The van der Waals surface area contributed by atoms with Crippen LogP contribution in [0.1, 0.15) is 0 Å². The van der Waals surface area contributed by atoms with Gasteiger partial charge < -0.3 is 5.32 Å². The van der Waals surface area contributed by atoms with E-state index in [-0.39, 0.29) is 5.02 Å². The molecular weight excluding hydrogens is 334 g/mol. The fourth-order valence-electron chi connectivity index (χ4n) is 1.56. The number of halogens is 2. The van der Waals surface area contributed by atoms with Crippen molar-refractivity contribution in [3.63, 3.8) is 0 Å². The molecule has 5 nitrogen and oxygen atoms in total. The first-order valence-corrected chi connectivity index (χ1v) is 6.72. The summed E-state index contributed by atoms with van der Waals surface area (Å²) in [5.74, 6) is 0. The van der Waals surface area contributed by atoms with Crippen molar-refractivity contribution < 1.29 is 0 Å². The lowest BCUT2D eigenvalue weighted by atomic mass is 10.3. The molecule has 1 aromatic carbocycles. The monoisotopic (exact) mass is 343 g/mol. The van der Waals surface area contributed by atoms with Crippen molar-refractivity contribution in [3.8, 4) is 0 Å². The SMILES string of the molecule is O=c1[nH]c(=O)n(CCNc2ccccc2Br)cc1Cl. The predicted molar refractivity (Wildman–Crippen MR) is 79.0 cm³/mol. The number of aromatic amines is 1. The second-order valence-electron chi connectivity index (χ2n) is 3.84. The first-order chi connectivity index (χ1) is 9.08. The highest BCUT2D eigenvalue weighted by molar-refractivity contribution is 9.10. The Labute approximate surface area is 122 Å². The molecule has 0 atom stereocenters. The molecule has 19 heavy (non-hydrogen) atoms. The highest BCUT2D eigenvalue weighted by atomic mass is 79.9. The number of nitrogens with zero attached hydrogens (tertiary/aromatic N) is 1. The zero-order chi connectivity index (χ0) is 13.8. The first-order valence-electron chi connectivity index (χ1n) is 5.55. The zero-order valence-corrected chi connectivity index (χ0v) is 12.2. The number of H-pyrrole nitrogens is 1. The summed E-state index contributed by atoms with van der Waals surface area (Å²) in [6, 6.07) is 7.68. The minimum Gasteiger partial charge on any atom is -0.382 e. The van der Waals surface area contributed by atoms with Crippen molar-refractivity contribution in [1.29, 1.82) is 0 Å². The molecule has 0 bridgehead atoms. The smallest absolute Gasteiger partial charge is 0.328 e. The van der Waals surface area contributed by atoms with E-state index in [2.05, 4.69) is 26.2 Å². The van der Waals surface area contributed by atoms with Crippen molar-refractivity contribution in [2.75, 3.05) is 11.9 Å². The van der Waals surface area contributed by atoms with E-state index in [0.717, 1.165) is 10.2 Å². The minimum atomic E-state index is -0.568. The van der Waals surface area contributed by atoms with Gasteiger partial charge in [0.15, 0.2) is 0 Å². The van der Waals surface area contributed by atoms with E-state index >= 15 is 0 Å². The number of anilines is 1. The molecule has 1 heterocycles. The molecule has 0 aliphatic carbocycles.